The van der Waals surface area contributed by atoms with Crippen LogP contribution in [0.3, 0.4) is 0 Å². The lowest BCUT2D eigenvalue weighted by molar-refractivity contribution is 0.232. The maximum atomic E-state index is 8.98. The van der Waals surface area contributed by atoms with Crippen molar-refractivity contribution in [3.05, 3.63) is 35.4 Å². The van der Waals surface area contributed by atoms with Gasteiger partial charge in [0.1, 0.15) is 0 Å². The molecule has 39 heavy (non-hydrogen) atoms. The molecule has 1 aliphatic carbocycles. The zero-order valence-corrected chi connectivity index (χ0v) is 27.6. The Morgan fingerprint density at radius 1 is 1.05 bits per heavy atom. The zero-order valence-electron chi connectivity index (χ0n) is 24.6. The highest BCUT2D eigenvalue weighted by molar-refractivity contribution is 7.59. The molecule has 3 N–H and O–H groups in total. The van der Waals surface area contributed by atoms with Gasteiger partial charge in [0.15, 0.2) is 11.9 Å². The Labute approximate surface area is 259 Å². The lowest BCUT2D eigenvalue weighted by Gasteiger charge is -2.32. The number of unbranched alkanes of at least 4 members (excludes halogenated alkanes) is 1. The number of aliphatic imine (C=N–C) groups is 1. The topological polar surface area (TPSA) is 72.0 Å². The van der Waals surface area contributed by atoms with E-state index >= 15 is 0 Å². The summed E-state index contributed by atoms with van der Waals surface area (Å²) >= 11 is 0. The second-order valence-electron chi connectivity index (χ2n) is 11.7. The number of nitrogens with one attached hydrogen (secondary N) is 1. The normalized spacial score (nSPS) is 22.2. The van der Waals surface area contributed by atoms with Gasteiger partial charge in [-0.25, -0.2) is 0 Å². The Bertz CT molecular complexity index is 891. The van der Waals surface area contributed by atoms with E-state index in [1.165, 1.54) is 49.7 Å². The standard InChI is InChI=1S/C30H50N6.3H2S/c1-4-24(3)28-22-34(30(32)35(28)18-16-25-14-10-11-23(2)19-25)17-9-8-15-27-20-33-29(31)36(27)21-26-12-6-5-7-13-26;;;/h10-11,14,19,24,26-28,32H,4-9,12-13,15-18,20-22H2,1-3H3,(H2,31,33);3*1H2/t24?,27-,28+;;;/m0.../s1. The largest absolute Gasteiger partial charge is 0.370 e. The molecule has 1 saturated heterocycles. The van der Waals surface area contributed by atoms with Gasteiger partial charge < -0.3 is 20.4 Å². The summed E-state index contributed by atoms with van der Waals surface area (Å²) in [5.41, 5.74) is 8.98. The summed E-state index contributed by atoms with van der Waals surface area (Å²) in [6.45, 7) is 11.7. The average molecular weight is 597 g/mol. The fourth-order valence-corrected chi connectivity index (χ4v) is 6.49. The molecular weight excluding hydrogens is 541 g/mol. The number of hydrogen-bond donors (Lipinski definition) is 2. The average Bonchev–Trinajstić information content (AvgIpc) is 3.39. The van der Waals surface area contributed by atoms with E-state index in [0.717, 1.165) is 76.2 Å². The number of nitrogens with zero attached hydrogens (tertiary/aromatic N) is 4. The lowest BCUT2D eigenvalue weighted by Crippen LogP contribution is -2.43. The third-order valence-corrected chi connectivity index (χ3v) is 9.00. The molecule has 4 rings (SSSR count). The van der Waals surface area contributed by atoms with Crippen LogP contribution in [0, 0.1) is 24.2 Å². The molecule has 3 atom stereocenters. The molecule has 2 fully saturated rings. The first-order valence-corrected chi connectivity index (χ1v) is 14.7. The van der Waals surface area contributed by atoms with Crippen molar-refractivity contribution in [1.29, 1.82) is 5.41 Å². The highest BCUT2D eigenvalue weighted by atomic mass is 32.1. The molecule has 0 aromatic heterocycles. The Balaban J connectivity index is 0.00000253. The summed E-state index contributed by atoms with van der Waals surface area (Å²) in [4.78, 5) is 11.7. The third kappa shape index (κ3) is 9.70. The van der Waals surface area contributed by atoms with Crippen LogP contribution in [0.1, 0.15) is 82.8 Å². The van der Waals surface area contributed by atoms with Gasteiger partial charge in [-0.1, -0.05) is 69.4 Å². The van der Waals surface area contributed by atoms with Gasteiger partial charge in [0.05, 0.1) is 18.6 Å². The minimum Gasteiger partial charge on any atom is -0.370 e. The van der Waals surface area contributed by atoms with Crippen LogP contribution >= 0.6 is 40.5 Å². The van der Waals surface area contributed by atoms with E-state index < -0.39 is 0 Å². The maximum Gasteiger partial charge on any atom is 0.194 e. The number of benzene rings is 1. The van der Waals surface area contributed by atoms with Crippen LogP contribution in [-0.2, 0) is 6.42 Å². The van der Waals surface area contributed by atoms with Crippen molar-refractivity contribution in [2.75, 3.05) is 32.7 Å². The van der Waals surface area contributed by atoms with Crippen LogP contribution < -0.4 is 5.73 Å². The first-order chi connectivity index (χ1) is 17.5. The van der Waals surface area contributed by atoms with Gasteiger partial charge >= 0.3 is 0 Å². The van der Waals surface area contributed by atoms with E-state index in [1.54, 1.807) is 0 Å². The Morgan fingerprint density at radius 3 is 2.49 bits per heavy atom. The Hall–Kier alpha value is -1.19. The molecule has 0 spiro atoms. The van der Waals surface area contributed by atoms with E-state index in [-0.39, 0.29) is 40.5 Å². The van der Waals surface area contributed by atoms with E-state index in [2.05, 4.69) is 64.7 Å². The molecule has 0 bridgehead atoms. The fourth-order valence-electron chi connectivity index (χ4n) is 6.49. The van der Waals surface area contributed by atoms with Gasteiger partial charge in [-0.15, -0.1) is 0 Å². The minimum absolute atomic E-state index is 0. The zero-order chi connectivity index (χ0) is 25.5. The SMILES string of the molecule is CCC(C)[C@H]1CN(CCCC[C@H]2CN=C(N)N2CC2CCCCC2)C(=N)N1CCc1cccc(C)c1.S.S.S. The van der Waals surface area contributed by atoms with Gasteiger partial charge in [0.2, 0.25) is 0 Å². The number of guanidine groups is 2. The molecule has 1 unspecified atom stereocenters. The van der Waals surface area contributed by atoms with E-state index in [4.69, 9.17) is 11.1 Å². The van der Waals surface area contributed by atoms with Crippen LogP contribution in [0.5, 0.6) is 0 Å². The molecule has 2 aliphatic heterocycles. The first-order valence-electron chi connectivity index (χ1n) is 14.7. The van der Waals surface area contributed by atoms with Crippen LogP contribution in [0.15, 0.2) is 29.3 Å². The summed E-state index contributed by atoms with van der Waals surface area (Å²) in [6, 6.07) is 9.74. The highest BCUT2D eigenvalue weighted by Gasteiger charge is 2.36. The molecule has 3 aliphatic rings. The second kappa shape index (κ2) is 17.6. The fraction of sp³-hybridized carbons (Fsp3) is 0.733. The molecule has 0 radical (unpaired) electrons. The van der Waals surface area contributed by atoms with Crippen LogP contribution in [0.4, 0.5) is 0 Å². The molecule has 224 valence electrons. The van der Waals surface area contributed by atoms with Crippen molar-refractivity contribution in [3.63, 3.8) is 0 Å². The number of rotatable bonds is 12. The van der Waals surface area contributed by atoms with Crippen LogP contribution in [0.25, 0.3) is 0 Å². The summed E-state index contributed by atoms with van der Waals surface area (Å²) < 4.78 is 0. The second-order valence-corrected chi connectivity index (χ2v) is 11.7. The molecule has 1 saturated carbocycles. The van der Waals surface area contributed by atoms with Crippen molar-refractivity contribution < 1.29 is 0 Å². The molecule has 2 heterocycles. The third-order valence-electron chi connectivity index (χ3n) is 9.00. The maximum absolute atomic E-state index is 8.98. The van der Waals surface area contributed by atoms with Gasteiger partial charge in [0.25, 0.3) is 0 Å². The quantitative estimate of drug-likeness (QED) is 0.309. The molecule has 6 nitrogen and oxygen atoms in total. The van der Waals surface area contributed by atoms with Crippen LogP contribution in [0.2, 0.25) is 0 Å². The van der Waals surface area contributed by atoms with Gasteiger partial charge in [-0.05, 0) is 62.8 Å². The van der Waals surface area contributed by atoms with E-state index in [9.17, 15) is 0 Å². The van der Waals surface area contributed by atoms with Gasteiger partial charge in [-0.2, -0.15) is 40.5 Å². The number of hydrogen-bond acceptors (Lipinski definition) is 4. The summed E-state index contributed by atoms with van der Waals surface area (Å²) in [5.74, 6) is 2.90. The molecule has 9 heteroatoms. The predicted molar refractivity (Wildman–Crippen MR) is 183 cm³/mol. The Morgan fingerprint density at radius 2 is 1.79 bits per heavy atom. The van der Waals surface area contributed by atoms with Crippen molar-refractivity contribution in [3.8, 4) is 0 Å². The molecular formula is C30H56N6S3. The lowest BCUT2D eigenvalue weighted by atomic mass is 9.88. The van der Waals surface area contributed by atoms with Crippen molar-refractivity contribution >= 4 is 52.4 Å². The van der Waals surface area contributed by atoms with Crippen molar-refractivity contribution in [2.24, 2.45) is 22.6 Å². The molecule has 1 aromatic rings. The van der Waals surface area contributed by atoms with E-state index in [0.29, 0.717) is 18.0 Å². The number of aryl methyl sites for hydroxylation is 1. The number of nitrogens with two attached hydrogens (primary N) is 1. The molecule has 1 aromatic carbocycles. The van der Waals surface area contributed by atoms with Crippen molar-refractivity contribution in [2.45, 2.75) is 97.1 Å². The van der Waals surface area contributed by atoms with Gasteiger partial charge in [-0.3, -0.25) is 10.4 Å². The Kier molecular flexibility index (Phi) is 16.2. The summed E-state index contributed by atoms with van der Waals surface area (Å²) in [5, 5.41) is 8.98. The monoisotopic (exact) mass is 596 g/mol. The highest BCUT2D eigenvalue weighted by Crippen LogP contribution is 2.28. The van der Waals surface area contributed by atoms with Crippen molar-refractivity contribution in [1.82, 2.24) is 14.7 Å². The molecule has 0 amide bonds. The summed E-state index contributed by atoms with van der Waals surface area (Å²) in [6.07, 6.45) is 12.5. The van der Waals surface area contributed by atoms with Crippen LogP contribution in [-0.4, -0.2) is 71.4 Å². The van der Waals surface area contributed by atoms with Gasteiger partial charge in [0, 0.05) is 26.2 Å². The smallest absolute Gasteiger partial charge is 0.194 e. The predicted octanol–water partition coefficient (Wildman–Crippen LogP) is 5.59. The first kappa shape index (κ1) is 35.8. The minimum atomic E-state index is 0. The summed E-state index contributed by atoms with van der Waals surface area (Å²) in [7, 11) is 0. The van der Waals surface area contributed by atoms with E-state index in [1.807, 2.05) is 0 Å².